The second-order valence-electron chi connectivity index (χ2n) is 5.41. The molecule has 1 N–H and O–H groups in total. The molecule has 3 heterocycles. The molecule has 0 aliphatic heterocycles. The van der Waals surface area contributed by atoms with Crippen LogP contribution in [0.15, 0.2) is 48.9 Å². The maximum absolute atomic E-state index is 4.33. The molecule has 0 amide bonds. The first-order chi connectivity index (χ1) is 11.2. The predicted molar refractivity (Wildman–Crippen MR) is 88.6 cm³/mol. The van der Waals surface area contributed by atoms with E-state index in [9.17, 15) is 0 Å². The van der Waals surface area contributed by atoms with Gasteiger partial charge in [-0.3, -0.25) is 5.10 Å². The fourth-order valence-electron chi connectivity index (χ4n) is 2.55. The molecular formula is C16H15N7. The largest absolute Gasteiger partial charge is 0.361 e. The summed E-state index contributed by atoms with van der Waals surface area (Å²) in [5, 5.41) is 21.1. The van der Waals surface area contributed by atoms with Gasteiger partial charge >= 0.3 is 0 Å². The highest BCUT2D eigenvalue weighted by molar-refractivity contribution is 5.97. The Hall–Kier alpha value is -3.22. The van der Waals surface area contributed by atoms with Crippen molar-refractivity contribution in [3.63, 3.8) is 0 Å². The van der Waals surface area contributed by atoms with Crippen LogP contribution >= 0.6 is 0 Å². The van der Waals surface area contributed by atoms with Gasteiger partial charge in [0.05, 0.1) is 23.1 Å². The molecule has 0 bridgehead atoms. The van der Waals surface area contributed by atoms with Gasteiger partial charge in [-0.2, -0.15) is 10.2 Å². The number of aromatic amines is 1. The van der Waals surface area contributed by atoms with E-state index in [2.05, 4.69) is 25.5 Å². The number of rotatable bonds is 3. The molecule has 0 radical (unpaired) electrons. The Kier molecular flexibility index (Phi) is 3.04. The first kappa shape index (κ1) is 13.4. The van der Waals surface area contributed by atoms with Crippen LogP contribution in [0.5, 0.6) is 0 Å². The van der Waals surface area contributed by atoms with E-state index < -0.39 is 0 Å². The molecule has 0 unspecified atom stereocenters. The summed E-state index contributed by atoms with van der Waals surface area (Å²) in [7, 11) is 3.88. The molecular weight excluding hydrogens is 290 g/mol. The average Bonchev–Trinajstić information content (AvgIpc) is 3.25. The van der Waals surface area contributed by atoms with Crippen LogP contribution in [0.25, 0.3) is 27.8 Å². The highest BCUT2D eigenvalue weighted by atomic mass is 15.3. The molecule has 114 valence electrons. The van der Waals surface area contributed by atoms with Crippen LogP contribution in [-0.4, -0.2) is 44.3 Å². The second-order valence-corrected chi connectivity index (χ2v) is 5.41. The number of benzene rings is 1. The zero-order chi connectivity index (χ0) is 15.8. The van der Waals surface area contributed by atoms with Crippen LogP contribution in [-0.2, 0) is 0 Å². The Morgan fingerprint density at radius 1 is 1.09 bits per heavy atom. The summed E-state index contributed by atoms with van der Waals surface area (Å²) in [6.45, 7) is 0. The van der Waals surface area contributed by atoms with E-state index >= 15 is 0 Å². The van der Waals surface area contributed by atoms with Crippen molar-refractivity contribution in [1.82, 2.24) is 30.2 Å². The lowest BCUT2D eigenvalue weighted by molar-refractivity contribution is 0.888. The lowest BCUT2D eigenvalue weighted by atomic mass is 10.1. The van der Waals surface area contributed by atoms with Gasteiger partial charge in [-0.1, -0.05) is 0 Å². The number of H-pyrrole nitrogens is 1. The van der Waals surface area contributed by atoms with E-state index in [0.29, 0.717) is 0 Å². The number of aromatic nitrogens is 6. The van der Waals surface area contributed by atoms with Crippen molar-refractivity contribution >= 4 is 16.7 Å². The Labute approximate surface area is 132 Å². The summed E-state index contributed by atoms with van der Waals surface area (Å²) in [5.41, 5.74) is 3.66. The average molecular weight is 305 g/mol. The summed E-state index contributed by atoms with van der Waals surface area (Å²) in [6.07, 6.45) is 5.47. The van der Waals surface area contributed by atoms with Crippen LogP contribution in [0.4, 0.5) is 5.82 Å². The topological polar surface area (TPSA) is 75.5 Å². The third-order valence-corrected chi connectivity index (χ3v) is 3.73. The standard InChI is InChI=1S/C16H15N7/c1-22(2)15-7-5-13(19-20-15)11-4-6-14(23-9-3-8-18-23)12-10-17-21-16(11)12/h3-10H,1-2H3,(H,17,21). The zero-order valence-electron chi connectivity index (χ0n) is 12.8. The van der Waals surface area contributed by atoms with Crippen molar-refractivity contribution in [2.45, 2.75) is 0 Å². The molecule has 1 aromatic carbocycles. The summed E-state index contributed by atoms with van der Waals surface area (Å²) >= 11 is 0. The molecule has 0 spiro atoms. The van der Waals surface area contributed by atoms with Gasteiger partial charge in [0.2, 0.25) is 0 Å². The lowest BCUT2D eigenvalue weighted by Crippen LogP contribution is -2.11. The van der Waals surface area contributed by atoms with E-state index in [-0.39, 0.29) is 0 Å². The number of anilines is 1. The van der Waals surface area contributed by atoms with Crippen molar-refractivity contribution in [3.8, 4) is 16.9 Å². The molecule has 4 rings (SSSR count). The molecule has 7 heteroatoms. The van der Waals surface area contributed by atoms with Crippen LogP contribution in [0.1, 0.15) is 0 Å². The number of fused-ring (bicyclic) bond motifs is 1. The summed E-state index contributed by atoms with van der Waals surface area (Å²) in [6, 6.07) is 9.83. The number of nitrogens with zero attached hydrogens (tertiary/aromatic N) is 6. The molecule has 0 saturated heterocycles. The lowest BCUT2D eigenvalue weighted by Gasteiger charge is -2.11. The van der Waals surface area contributed by atoms with Crippen LogP contribution in [0, 0.1) is 0 Å². The van der Waals surface area contributed by atoms with Gasteiger partial charge in [-0.15, -0.1) is 10.2 Å². The van der Waals surface area contributed by atoms with Gasteiger partial charge in [0.15, 0.2) is 5.82 Å². The summed E-state index contributed by atoms with van der Waals surface area (Å²) < 4.78 is 1.82. The molecule has 0 aliphatic carbocycles. The van der Waals surface area contributed by atoms with E-state index in [4.69, 9.17) is 0 Å². The SMILES string of the molecule is CN(C)c1ccc(-c2ccc(-n3cccn3)c3cn[nH]c23)nn1. The third-order valence-electron chi connectivity index (χ3n) is 3.73. The Bertz CT molecular complexity index is 936. The van der Waals surface area contributed by atoms with Gasteiger partial charge in [0.25, 0.3) is 0 Å². The summed E-state index contributed by atoms with van der Waals surface area (Å²) in [4.78, 5) is 1.92. The molecule has 0 aliphatic rings. The minimum Gasteiger partial charge on any atom is -0.361 e. The molecule has 3 aromatic heterocycles. The van der Waals surface area contributed by atoms with Gasteiger partial charge in [0, 0.05) is 37.4 Å². The van der Waals surface area contributed by atoms with Crippen molar-refractivity contribution in [2.75, 3.05) is 19.0 Å². The van der Waals surface area contributed by atoms with Crippen LogP contribution in [0.2, 0.25) is 0 Å². The second kappa shape index (κ2) is 5.20. The Morgan fingerprint density at radius 3 is 2.70 bits per heavy atom. The third kappa shape index (κ3) is 2.22. The van der Waals surface area contributed by atoms with E-state index in [1.807, 2.05) is 60.2 Å². The molecule has 7 nitrogen and oxygen atoms in total. The maximum Gasteiger partial charge on any atom is 0.150 e. The molecule has 0 saturated carbocycles. The molecule has 0 fully saturated rings. The number of hydrogen-bond acceptors (Lipinski definition) is 5. The Balaban J connectivity index is 1.86. The van der Waals surface area contributed by atoms with Crippen molar-refractivity contribution in [3.05, 3.63) is 48.9 Å². The minimum absolute atomic E-state index is 0.803. The predicted octanol–water partition coefficient (Wildman–Crippen LogP) is 2.27. The van der Waals surface area contributed by atoms with Crippen LogP contribution in [0.3, 0.4) is 0 Å². The first-order valence-electron chi connectivity index (χ1n) is 7.21. The van der Waals surface area contributed by atoms with Crippen molar-refractivity contribution in [1.29, 1.82) is 0 Å². The first-order valence-corrected chi connectivity index (χ1v) is 7.21. The minimum atomic E-state index is 0.803. The normalized spacial score (nSPS) is 11.0. The monoisotopic (exact) mass is 305 g/mol. The Morgan fingerprint density at radius 2 is 2.00 bits per heavy atom. The highest BCUT2D eigenvalue weighted by Gasteiger charge is 2.12. The number of hydrogen-bond donors (Lipinski definition) is 1. The maximum atomic E-state index is 4.33. The van der Waals surface area contributed by atoms with Gasteiger partial charge in [0.1, 0.15) is 0 Å². The fraction of sp³-hybridized carbons (Fsp3) is 0.125. The molecule has 23 heavy (non-hydrogen) atoms. The molecule has 0 atom stereocenters. The van der Waals surface area contributed by atoms with Gasteiger partial charge in [-0.05, 0) is 30.3 Å². The van der Waals surface area contributed by atoms with Crippen molar-refractivity contribution < 1.29 is 0 Å². The van der Waals surface area contributed by atoms with Crippen LogP contribution < -0.4 is 4.90 Å². The van der Waals surface area contributed by atoms with Crippen molar-refractivity contribution in [2.24, 2.45) is 0 Å². The number of nitrogens with one attached hydrogen (secondary N) is 1. The highest BCUT2D eigenvalue weighted by Crippen LogP contribution is 2.29. The van der Waals surface area contributed by atoms with E-state index in [0.717, 1.165) is 33.7 Å². The molecule has 4 aromatic rings. The van der Waals surface area contributed by atoms with E-state index in [1.165, 1.54) is 0 Å². The van der Waals surface area contributed by atoms with E-state index in [1.54, 1.807) is 12.4 Å². The smallest absolute Gasteiger partial charge is 0.150 e. The van der Waals surface area contributed by atoms with Gasteiger partial charge in [-0.25, -0.2) is 4.68 Å². The quantitative estimate of drug-likeness (QED) is 0.628. The van der Waals surface area contributed by atoms with Gasteiger partial charge < -0.3 is 4.90 Å². The zero-order valence-corrected chi connectivity index (χ0v) is 12.8. The summed E-state index contributed by atoms with van der Waals surface area (Å²) in [5.74, 6) is 0.822. The fourth-order valence-corrected chi connectivity index (χ4v) is 2.55.